The van der Waals surface area contributed by atoms with Crippen LogP contribution in [0.3, 0.4) is 0 Å². The van der Waals surface area contributed by atoms with E-state index in [9.17, 15) is 28.5 Å². The molecule has 2 amide bonds. The zero-order valence-corrected chi connectivity index (χ0v) is 36.9. The van der Waals surface area contributed by atoms with Crippen molar-refractivity contribution in [3.8, 4) is 0 Å². The third-order valence-electron chi connectivity index (χ3n) is 9.20. The van der Waals surface area contributed by atoms with E-state index in [1.54, 1.807) is 4.90 Å². The number of nitrogens with two attached hydrogens (primary N) is 2. The van der Waals surface area contributed by atoms with E-state index in [1.807, 2.05) is 69.3 Å². The molecule has 0 saturated heterocycles. The summed E-state index contributed by atoms with van der Waals surface area (Å²) in [5, 5.41) is 6.28. The third kappa shape index (κ3) is 19.2. The van der Waals surface area contributed by atoms with Gasteiger partial charge in [0.2, 0.25) is 11.8 Å². The molecule has 0 bridgehead atoms. The second kappa shape index (κ2) is 27.0. The maximum Gasteiger partial charge on any atom is 0.472 e. The summed E-state index contributed by atoms with van der Waals surface area (Å²) < 4.78 is 59.0. The molecule has 0 saturated carbocycles. The van der Waals surface area contributed by atoms with Crippen LogP contribution in [0.25, 0.3) is 11.4 Å². The van der Waals surface area contributed by atoms with Gasteiger partial charge in [0.1, 0.15) is 0 Å². The van der Waals surface area contributed by atoms with Crippen LogP contribution in [0.1, 0.15) is 88.8 Å². The van der Waals surface area contributed by atoms with E-state index in [1.165, 1.54) is 0 Å². The average Bonchev–Trinajstić information content (AvgIpc) is 3.21. The number of benzene rings is 2. The molecule has 20 heteroatoms. The van der Waals surface area contributed by atoms with Crippen LogP contribution in [0.2, 0.25) is 0 Å². The first-order valence-electron chi connectivity index (χ1n) is 20.5. The van der Waals surface area contributed by atoms with Gasteiger partial charge in [-0.3, -0.25) is 27.7 Å². The first kappa shape index (κ1) is 51.1. The van der Waals surface area contributed by atoms with Crippen molar-refractivity contribution in [1.82, 2.24) is 10.6 Å². The van der Waals surface area contributed by atoms with E-state index < -0.39 is 21.3 Å². The minimum atomic E-state index is -4.32. The lowest BCUT2D eigenvalue weighted by atomic mass is 9.94. The summed E-state index contributed by atoms with van der Waals surface area (Å²) in [5.74, 6) is -0.178. The van der Waals surface area contributed by atoms with Crippen LogP contribution in [0.5, 0.6) is 0 Å². The predicted molar refractivity (Wildman–Crippen MR) is 228 cm³/mol. The molecule has 3 unspecified atom stereocenters. The zero-order chi connectivity index (χ0) is 43.9. The van der Waals surface area contributed by atoms with E-state index in [-0.39, 0.29) is 77.3 Å². The number of nitrogens with zero attached hydrogens (tertiary/aromatic N) is 1. The number of phosphoric acid groups is 2. The number of anilines is 1. The summed E-state index contributed by atoms with van der Waals surface area (Å²) in [6, 6.07) is 15.5. The van der Waals surface area contributed by atoms with Crippen LogP contribution in [0, 0.1) is 0 Å². The largest absolute Gasteiger partial charge is 0.472 e. The lowest BCUT2D eigenvalue weighted by Gasteiger charge is -2.34. The molecular weight excluding hydrogens is 820 g/mol. The quantitative estimate of drug-likeness (QED) is 0.0324. The van der Waals surface area contributed by atoms with Gasteiger partial charge in [-0.05, 0) is 50.7 Å². The summed E-state index contributed by atoms with van der Waals surface area (Å²) in [4.78, 5) is 47.2. The first-order valence-corrected chi connectivity index (χ1v) is 23.5. The van der Waals surface area contributed by atoms with Gasteiger partial charge in [0, 0.05) is 30.5 Å². The standard InChI is InChI=1S/C40H65N5O13P2/c1-4-6-21-55-59(48,49)56-22-13-23-57-60(50,51)58-30-29-54-28-27-53-26-25-52-24-20-43-36(46)18-11-12-19-37(47)45-31-32-14-7-8-15-33(32)39(44-40(3,42)5-2)38(41)34-16-9-10-17-35(34)45/h7-10,14-17,44H,4-6,11-13,18-31,41-42H2,1-3H3,(H,43,46)(H,48,49)(H,50,51)/b39-38-. The van der Waals surface area contributed by atoms with Crippen LogP contribution in [-0.4, -0.2) is 99.9 Å². The molecule has 2 aromatic carbocycles. The molecule has 0 radical (unpaired) electrons. The number of carbonyl (C=O) groups excluding carboxylic acids is 2. The van der Waals surface area contributed by atoms with Gasteiger partial charge in [0.25, 0.3) is 0 Å². The lowest BCUT2D eigenvalue weighted by Crippen LogP contribution is -2.49. The molecule has 2 aromatic rings. The molecule has 1 aliphatic rings. The van der Waals surface area contributed by atoms with Crippen molar-refractivity contribution in [2.75, 3.05) is 77.5 Å². The fraction of sp³-hybridized carbons (Fsp3) is 0.600. The molecule has 338 valence electrons. The van der Waals surface area contributed by atoms with Gasteiger partial charge in [0.05, 0.1) is 95.4 Å². The zero-order valence-electron chi connectivity index (χ0n) is 35.1. The summed E-state index contributed by atoms with van der Waals surface area (Å²) >= 11 is 0. The molecule has 18 nitrogen and oxygen atoms in total. The Kier molecular flexibility index (Phi) is 23.0. The Balaban J connectivity index is 1.23. The molecule has 0 fully saturated rings. The molecule has 3 rings (SSSR count). The highest BCUT2D eigenvalue weighted by atomic mass is 31.2. The number of phosphoric ester groups is 2. The topological polar surface area (TPSA) is 253 Å². The Labute approximate surface area is 353 Å². The smallest absolute Gasteiger partial charge is 0.396 e. The lowest BCUT2D eigenvalue weighted by molar-refractivity contribution is -0.122. The van der Waals surface area contributed by atoms with E-state index in [4.69, 9.17) is 43.8 Å². The predicted octanol–water partition coefficient (Wildman–Crippen LogP) is 5.18. The molecule has 0 spiro atoms. The molecular formula is C40H65N5O13P2. The summed E-state index contributed by atoms with van der Waals surface area (Å²) in [6.07, 6.45) is 3.81. The maximum absolute atomic E-state index is 13.7. The maximum atomic E-state index is 13.7. The molecule has 8 N–H and O–H groups in total. The van der Waals surface area contributed by atoms with Crippen molar-refractivity contribution < 1.29 is 60.8 Å². The normalized spacial score (nSPS) is 17.0. The van der Waals surface area contributed by atoms with Crippen molar-refractivity contribution in [2.24, 2.45) is 11.5 Å². The molecule has 1 heterocycles. The van der Waals surface area contributed by atoms with Crippen LogP contribution in [0.15, 0.2) is 48.5 Å². The Bertz CT molecular complexity index is 1750. The van der Waals surface area contributed by atoms with Crippen LogP contribution in [0.4, 0.5) is 5.69 Å². The average molecular weight is 886 g/mol. The van der Waals surface area contributed by atoms with Gasteiger partial charge in [-0.25, -0.2) is 9.13 Å². The monoisotopic (exact) mass is 885 g/mol. The Morgan fingerprint density at radius 3 is 1.90 bits per heavy atom. The van der Waals surface area contributed by atoms with Gasteiger partial charge in [-0.15, -0.1) is 0 Å². The van der Waals surface area contributed by atoms with Gasteiger partial charge in [-0.1, -0.05) is 62.7 Å². The van der Waals surface area contributed by atoms with E-state index in [0.29, 0.717) is 64.3 Å². The minimum Gasteiger partial charge on any atom is -0.396 e. The van der Waals surface area contributed by atoms with Crippen molar-refractivity contribution in [3.63, 3.8) is 0 Å². The third-order valence-corrected chi connectivity index (χ3v) is 11.2. The Morgan fingerprint density at radius 2 is 1.27 bits per heavy atom. The minimum absolute atomic E-state index is 0.0265. The van der Waals surface area contributed by atoms with E-state index in [0.717, 1.165) is 34.5 Å². The van der Waals surface area contributed by atoms with Crippen molar-refractivity contribution in [3.05, 3.63) is 65.2 Å². The first-order chi connectivity index (χ1) is 28.7. The number of carbonyl (C=O) groups is 2. The van der Waals surface area contributed by atoms with Gasteiger partial charge >= 0.3 is 15.6 Å². The highest BCUT2D eigenvalue weighted by molar-refractivity contribution is 7.47. The molecule has 3 atom stereocenters. The number of hydrogen-bond donors (Lipinski definition) is 6. The number of ether oxygens (including phenoxy) is 3. The summed E-state index contributed by atoms with van der Waals surface area (Å²) in [7, 11) is -8.48. The number of amides is 2. The summed E-state index contributed by atoms with van der Waals surface area (Å²) in [6.45, 7) is 7.45. The number of rotatable bonds is 31. The van der Waals surface area contributed by atoms with Crippen LogP contribution < -0.4 is 27.0 Å². The number of nitrogens with one attached hydrogen (secondary N) is 2. The van der Waals surface area contributed by atoms with Crippen LogP contribution >= 0.6 is 15.6 Å². The van der Waals surface area contributed by atoms with Crippen molar-refractivity contribution >= 4 is 44.5 Å². The molecule has 60 heavy (non-hydrogen) atoms. The van der Waals surface area contributed by atoms with E-state index >= 15 is 0 Å². The van der Waals surface area contributed by atoms with Gasteiger partial charge in [-0.2, -0.15) is 0 Å². The molecule has 0 aromatic heterocycles. The number of fused-ring (bicyclic) bond motifs is 2. The molecule has 0 aliphatic carbocycles. The fourth-order valence-corrected chi connectivity index (χ4v) is 7.26. The SMILES string of the molecule is CCCCOP(=O)(O)OCCCOP(=O)(O)OCCOCCOCCOCCNC(=O)CCCCC(=O)N1Cc2ccccc2/C(NC(C)(N)CC)=C(/N)c2ccccc21. The second-order valence-electron chi connectivity index (χ2n) is 14.2. The van der Waals surface area contributed by atoms with Crippen molar-refractivity contribution in [1.29, 1.82) is 0 Å². The number of unbranched alkanes of at least 4 members (excludes halogenated alkanes) is 2. The Hall–Kier alpha value is -3.22. The number of hydrogen-bond acceptors (Lipinski definition) is 14. The summed E-state index contributed by atoms with van der Waals surface area (Å²) in [5.41, 5.74) is 17.2. The number of para-hydroxylation sites is 1. The highest BCUT2D eigenvalue weighted by Gasteiger charge is 2.28. The molecule has 1 aliphatic heterocycles. The van der Waals surface area contributed by atoms with Crippen LogP contribution in [-0.2, 0) is 57.6 Å². The van der Waals surface area contributed by atoms with Gasteiger partial charge in [0.15, 0.2) is 0 Å². The Morgan fingerprint density at radius 1 is 0.733 bits per heavy atom. The fourth-order valence-electron chi connectivity index (χ4n) is 5.72. The van der Waals surface area contributed by atoms with Gasteiger partial charge < -0.3 is 51.0 Å². The van der Waals surface area contributed by atoms with E-state index in [2.05, 4.69) is 10.6 Å². The highest BCUT2D eigenvalue weighted by Crippen LogP contribution is 2.45. The second-order valence-corrected chi connectivity index (χ2v) is 17.1. The van der Waals surface area contributed by atoms with Crippen molar-refractivity contribution in [2.45, 2.75) is 84.3 Å².